The predicted octanol–water partition coefficient (Wildman–Crippen LogP) is 3.45. The Morgan fingerprint density at radius 2 is 1.89 bits per heavy atom. The molecule has 0 saturated carbocycles. The molecular weight excluding hydrogens is 375 g/mol. The van der Waals surface area contributed by atoms with Crippen molar-refractivity contribution in [3.05, 3.63) is 47.4 Å². The molecule has 3 rings (SSSR count). The van der Waals surface area contributed by atoms with Gasteiger partial charge in [0.2, 0.25) is 0 Å². The Bertz CT molecular complexity index is 827. The highest BCUT2D eigenvalue weighted by molar-refractivity contribution is 6.02. The zero-order valence-corrected chi connectivity index (χ0v) is 15.7. The van der Waals surface area contributed by atoms with Gasteiger partial charge in [-0.2, -0.15) is 13.2 Å². The Labute approximate surface area is 160 Å². The first kappa shape index (κ1) is 20.2. The van der Waals surface area contributed by atoms with E-state index in [0.717, 1.165) is 19.2 Å². The summed E-state index contributed by atoms with van der Waals surface area (Å²) in [7, 11) is 3.45. The van der Waals surface area contributed by atoms with E-state index in [2.05, 4.69) is 10.2 Å². The number of hydrogen-bond donors (Lipinski definition) is 1. The third-order valence-corrected chi connectivity index (χ3v) is 4.60. The Hall–Kier alpha value is -2.52. The third-order valence-electron chi connectivity index (χ3n) is 4.60. The van der Waals surface area contributed by atoms with Crippen LogP contribution in [0.4, 0.5) is 24.5 Å². The summed E-state index contributed by atoms with van der Waals surface area (Å²) in [6.45, 7) is 3.02. The topological polar surface area (TPSA) is 58.0 Å². The lowest BCUT2D eigenvalue weighted by Gasteiger charge is -2.34. The van der Waals surface area contributed by atoms with Gasteiger partial charge in [0.15, 0.2) is 5.76 Å². The molecule has 0 atom stereocenters. The summed E-state index contributed by atoms with van der Waals surface area (Å²) >= 11 is 0. The summed E-state index contributed by atoms with van der Waals surface area (Å²) in [6, 6.07) is 6.90. The summed E-state index contributed by atoms with van der Waals surface area (Å²) in [5, 5.41) is 2.31. The van der Waals surface area contributed by atoms with Crippen LogP contribution in [0, 0.1) is 0 Å². The first-order chi connectivity index (χ1) is 13.3. The van der Waals surface area contributed by atoms with Crippen LogP contribution >= 0.6 is 0 Å². The van der Waals surface area contributed by atoms with Crippen molar-refractivity contribution in [1.82, 2.24) is 4.90 Å². The largest absolute Gasteiger partial charge is 0.453 e. The number of nitrogens with zero attached hydrogens (tertiary/aromatic N) is 2. The first-order valence-corrected chi connectivity index (χ1v) is 8.81. The third kappa shape index (κ3) is 4.66. The highest BCUT2D eigenvalue weighted by Crippen LogP contribution is 2.37. The number of furan rings is 1. The predicted molar refractivity (Wildman–Crippen MR) is 98.5 cm³/mol. The number of carbonyl (C=O) groups excluding carboxylic acids is 1. The Morgan fingerprint density at radius 1 is 1.18 bits per heavy atom. The second-order valence-corrected chi connectivity index (χ2v) is 6.67. The number of hydrogen-bond acceptors (Lipinski definition) is 5. The number of carbonyl (C=O) groups is 1. The van der Waals surface area contributed by atoms with E-state index in [9.17, 15) is 18.0 Å². The van der Waals surface area contributed by atoms with E-state index in [1.54, 1.807) is 12.1 Å². The minimum atomic E-state index is -4.60. The van der Waals surface area contributed by atoms with Gasteiger partial charge in [-0.25, -0.2) is 0 Å². The number of anilines is 2. The second kappa shape index (κ2) is 8.24. The summed E-state index contributed by atoms with van der Waals surface area (Å²) in [5.74, 6) is -0.419. The molecule has 9 heteroatoms. The first-order valence-electron chi connectivity index (χ1n) is 8.81. The van der Waals surface area contributed by atoms with E-state index >= 15 is 0 Å². The van der Waals surface area contributed by atoms with E-state index in [1.165, 1.54) is 19.2 Å². The minimum Gasteiger partial charge on any atom is -0.453 e. The van der Waals surface area contributed by atoms with Gasteiger partial charge in [-0.3, -0.25) is 4.79 Å². The van der Waals surface area contributed by atoms with Crippen LogP contribution in [0.2, 0.25) is 0 Å². The van der Waals surface area contributed by atoms with Crippen LogP contribution in [0.1, 0.15) is 21.9 Å². The number of piperazine rings is 1. The molecule has 1 aromatic heterocycles. The van der Waals surface area contributed by atoms with Gasteiger partial charge in [0.1, 0.15) is 12.4 Å². The van der Waals surface area contributed by atoms with E-state index in [-0.39, 0.29) is 18.1 Å². The summed E-state index contributed by atoms with van der Waals surface area (Å²) in [5.41, 5.74) is -0.708. The highest BCUT2D eigenvalue weighted by atomic mass is 19.4. The van der Waals surface area contributed by atoms with Gasteiger partial charge in [0.25, 0.3) is 5.91 Å². The van der Waals surface area contributed by atoms with Gasteiger partial charge < -0.3 is 24.3 Å². The molecule has 1 amide bonds. The standard InChI is InChI=1S/C19H22F3N3O3/c1-24-7-9-25(10-8-24)13-3-5-16(15(11-13)19(20,21)22)23-18(26)17-6-4-14(28-17)12-27-2/h3-6,11H,7-10,12H2,1-2H3,(H,23,26). The zero-order chi connectivity index (χ0) is 20.3. The number of nitrogens with one attached hydrogen (secondary N) is 1. The number of halogens is 3. The van der Waals surface area contributed by atoms with Gasteiger partial charge in [0.05, 0.1) is 11.3 Å². The van der Waals surface area contributed by atoms with Crippen molar-refractivity contribution in [3.8, 4) is 0 Å². The molecule has 1 N–H and O–H groups in total. The monoisotopic (exact) mass is 397 g/mol. The van der Waals surface area contributed by atoms with Gasteiger partial charge in [-0.1, -0.05) is 0 Å². The van der Waals surface area contributed by atoms with Crippen molar-refractivity contribution in [3.63, 3.8) is 0 Å². The van der Waals surface area contributed by atoms with Gasteiger partial charge in [-0.05, 0) is 37.4 Å². The Morgan fingerprint density at radius 3 is 2.54 bits per heavy atom. The highest BCUT2D eigenvalue weighted by Gasteiger charge is 2.35. The molecule has 6 nitrogen and oxygen atoms in total. The van der Waals surface area contributed by atoms with Crippen LogP contribution in [0.5, 0.6) is 0 Å². The lowest BCUT2D eigenvalue weighted by molar-refractivity contribution is -0.136. The quantitative estimate of drug-likeness (QED) is 0.838. The van der Waals surface area contributed by atoms with Crippen molar-refractivity contribution in [2.75, 3.05) is 50.6 Å². The van der Waals surface area contributed by atoms with Crippen LogP contribution in [0.15, 0.2) is 34.7 Å². The fraction of sp³-hybridized carbons (Fsp3) is 0.421. The van der Waals surface area contributed by atoms with Crippen LogP contribution in [-0.2, 0) is 17.5 Å². The maximum absolute atomic E-state index is 13.6. The van der Waals surface area contributed by atoms with Crippen molar-refractivity contribution >= 4 is 17.3 Å². The normalized spacial score (nSPS) is 15.7. The SMILES string of the molecule is COCc1ccc(C(=O)Nc2ccc(N3CCN(C)CC3)cc2C(F)(F)F)o1. The minimum absolute atomic E-state index is 0.0803. The van der Waals surface area contributed by atoms with Crippen molar-refractivity contribution < 1.29 is 27.1 Å². The molecule has 2 aromatic rings. The fourth-order valence-corrected chi connectivity index (χ4v) is 3.04. The number of methoxy groups -OCH3 is 1. The number of alkyl halides is 3. The molecule has 1 aliphatic rings. The lowest BCUT2D eigenvalue weighted by Crippen LogP contribution is -2.44. The summed E-state index contributed by atoms with van der Waals surface area (Å²) < 4.78 is 51.0. The zero-order valence-electron chi connectivity index (χ0n) is 15.7. The van der Waals surface area contributed by atoms with Gasteiger partial charge >= 0.3 is 6.18 Å². The number of ether oxygens (including phenoxy) is 1. The van der Waals surface area contributed by atoms with Crippen LogP contribution in [0.25, 0.3) is 0 Å². The molecule has 0 spiro atoms. The number of likely N-dealkylation sites (N-methyl/N-ethyl adjacent to an activating group) is 1. The van der Waals surface area contributed by atoms with Crippen LogP contribution < -0.4 is 10.2 Å². The van der Waals surface area contributed by atoms with Crippen LogP contribution in [-0.4, -0.2) is 51.1 Å². The summed E-state index contributed by atoms with van der Waals surface area (Å²) in [4.78, 5) is 16.3. The number of rotatable bonds is 5. The molecule has 1 aromatic carbocycles. The van der Waals surface area contributed by atoms with E-state index in [1.807, 2.05) is 11.9 Å². The van der Waals surface area contributed by atoms with E-state index in [4.69, 9.17) is 9.15 Å². The average Bonchev–Trinajstić information content (AvgIpc) is 3.11. The smallest absolute Gasteiger partial charge is 0.418 e. The number of benzene rings is 1. The average molecular weight is 397 g/mol. The molecule has 28 heavy (non-hydrogen) atoms. The van der Waals surface area contributed by atoms with Crippen molar-refractivity contribution in [2.24, 2.45) is 0 Å². The molecule has 1 saturated heterocycles. The maximum atomic E-state index is 13.6. The molecule has 0 aliphatic carbocycles. The van der Waals surface area contributed by atoms with Gasteiger partial charge in [-0.15, -0.1) is 0 Å². The molecule has 152 valence electrons. The molecule has 0 bridgehead atoms. The number of amides is 1. The molecule has 1 fully saturated rings. The lowest BCUT2D eigenvalue weighted by atomic mass is 10.1. The van der Waals surface area contributed by atoms with Crippen molar-refractivity contribution in [1.29, 1.82) is 0 Å². The van der Waals surface area contributed by atoms with E-state index in [0.29, 0.717) is 24.5 Å². The molecule has 0 radical (unpaired) electrons. The Balaban J connectivity index is 1.82. The summed E-state index contributed by atoms with van der Waals surface area (Å²) in [6.07, 6.45) is -4.60. The Kier molecular flexibility index (Phi) is 5.95. The molecule has 0 unspecified atom stereocenters. The van der Waals surface area contributed by atoms with Crippen molar-refractivity contribution in [2.45, 2.75) is 12.8 Å². The van der Waals surface area contributed by atoms with Gasteiger partial charge in [0, 0.05) is 39.0 Å². The van der Waals surface area contributed by atoms with E-state index < -0.39 is 17.6 Å². The fourth-order valence-electron chi connectivity index (χ4n) is 3.04. The molecular formula is C19H22F3N3O3. The second-order valence-electron chi connectivity index (χ2n) is 6.67. The van der Waals surface area contributed by atoms with Crippen LogP contribution in [0.3, 0.4) is 0 Å². The molecule has 1 aliphatic heterocycles. The maximum Gasteiger partial charge on any atom is 0.418 e. The molecule has 2 heterocycles.